The van der Waals surface area contributed by atoms with Gasteiger partial charge in [0, 0.05) is 12.5 Å². The van der Waals surface area contributed by atoms with Gasteiger partial charge in [0.1, 0.15) is 5.78 Å². The quantitative estimate of drug-likeness (QED) is 0.353. The first kappa shape index (κ1) is 30.0. The number of hydrogen-bond acceptors (Lipinski definition) is 6. The molecule has 0 N–H and O–H groups in total. The summed E-state index contributed by atoms with van der Waals surface area (Å²) in [5.74, 6) is 0.138. The van der Waals surface area contributed by atoms with Gasteiger partial charge in [0.2, 0.25) is 0 Å². The Labute approximate surface area is 231 Å². The van der Waals surface area contributed by atoms with Crippen molar-refractivity contribution in [1.82, 2.24) is 14.7 Å². The van der Waals surface area contributed by atoms with E-state index in [2.05, 4.69) is 41.2 Å². The lowest BCUT2D eigenvalue weighted by Crippen LogP contribution is -2.34. The molecule has 0 aliphatic carbocycles. The molecule has 4 rings (SSSR count). The summed E-state index contributed by atoms with van der Waals surface area (Å²) >= 11 is 0. The second-order valence-corrected chi connectivity index (χ2v) is 10.1. The molecule has 0 saturated carbocycles. The van der Waals surface area contributed by atoms with Crippen molar-refractivity contribution < 1.29 is 14.3 Å². The van der Waals surface area contributed by atoms with E-state index in [1.54, 1.807) is 13.0 Å². The molecule has 0 amide bonds. The number of hydrogen-bond donors (Lipinski definition) is 0. The highest BCUT2D eigenvalue weighted by molar-refractivity contribution is 5.80. The fourth-order valence-electron chi connectivity index (χ4n) is 4.65. The number of likely N-dealkylation sites (tertiary alicyclic amines) is 1. The van der Waals surface area contributed by atoms with Gasteiger partial charge in [0.25, 0.3) is 5.56 Å². The maximum absolute atomic E-state index is 11.9. The molecule has 3 aromatic rings. The fourth-order valence-corrected chi connectivity index (χ4v) is 4.65. The van der Waals surface area contributed by atoms with E-state index in [0.29, 0.717) is 31.9 Å². The van der Waals surface area contributed by atoms with E-state index in [-0.39, 0.29) is 17.9 Å². The Bertz CT molecular complexity index is 1280. The Hall–Kier alpha value is -3.58. The molecular weight excluding hydrogens is 490 g/mol. The Morgan fingerprint density at radius 1 is 0.897 bits per heavy atom. The van der Waals surface area contributed by atoms with Gasteiger partial charge in [-0.3, -0.25) is 19.3 Å². The molecule has 2 aromatic carbocycles. The molecule has 1 saturated heterocycles. The second kappa shape index (κ2) is 15.7. The molecule has 2 heterocycles. The first-order chi connectivity index (χ1) is 18.8. The van der Waals surface area contributed by atoms with Crippen LogP contribution >= 0.6 is 0 Å². The number of carbonyl (C=O) groups is 2. The van der Waals surface area contributed by atoms with Crippen LogP contribution in [0.15, 0.2) is 65.5 Å². The molecule has 0 atom stereocenters. The number of Topliss-reactive ketones (excluding diaryl/α,β-unsaturated/α-hetero) is 1. The third-order valence-electron chi connectivity index (χ3n) is 6.60. The summed E-state index contributed by atoms with van der Waals surface area (Å²) in [6, 6.07) is 19.2. The van der Waals surface area contributed by atoms with Gasteiger partial charge in [0.15, 0.2) is 0 Å². The number of piperidine rings is 1. The van der Waals surface area contributed by atoms with Gasteiger partial charge in [-0.25, -0.2) is 4.68 Å². The number of aryl methyl sites for hydroxylation is 3. The largest absolute Gasteiger partial charge is 0.466 e. The SMILES string of the molecule is CCOC(=O)Cc1cccc(Cn2nc(C)ccc2=O)c1.Cc1cccc(CCC(=O)CN2CCCCC2)c1. The number of ketones is 1. The average molecular weight is 532 g/mol. The predicted octanol–water partition coefficient (Wildman–Crippen LogP) is 4.69. The van der Waals surface area contributed by atoms with E-state index >= 15 is 0 Å². The molecule has 1 fully saturated rings. The van der Waals surface area contributed by atoms with Gasteiger partial charge in [-0.2, -0.15) is 5.10 Å². The summed E-state index contributed by atoms with van der Waals surface area (Å²) in [6.07, 6.45) is 5.64. The Morgan fingerprint density at radius 2 is 1.62 bits per heavy atom. The Morgan fingerprint density at radius 3 is 2.36 bits per heavy atom. The standard InChI is InChI=1S/C16H18N2O3.C16H23NO/c1-3-21-16(20)10-13-5-4-6-14(9-13)11-18-15(19)8-7-12(2)17-18;1-14-6-5-7-15(12-14)8-9-16(18)13-17-10-3-2-4-11-17/h4-9H,3,10-11H2,1-2H3;5-7,12H,2-4,8-11,13H2,1H3. The Kier molecular flexibility index (Phi) is 12.1. The van der Waals surface area contributed by atoms with Crippen LogP contribution in [0.2, 0.25) is 0 Å². The normalized spacial score (nSPS) is 13.3. The van der Waals surface area contributed by atoms with Gasteiger partial charge < -0.3 is 4.74 Å². The zero-order valence-electron chi connectivity index (χ0n) is 23.5. The van der Waals surface area contributed by atoms with Crippen LogP contribution in [-0.2, 0) is 33.7 Å². The van der Waals surface area contributed by atoms with Crippen LogP contribution in [0.4, 0.5) is 0 Å². The minimum Gasteiger partial charge on any atom is -0.466 e. The highest BCUT2D eigenvalue weighted by atomic mass is 16.5. The van der Waals surface area contributed by atoms with Crippen LogP contribution in [0.5, 0.6) is 0 Å². The van der Waals surface area contributed by atoms with Gasteiger partial charge in [-0.15, -0.1) is 0 Å². The van der Waals surface area contributed by atoms with E-state index < -0.39 is 0 Å². The topological polar surface area (TPSA) is 81.5 Å². The van der Waals surface area contributed by atoms with Crippen LogP contribution in [0.3, 0.4) is 0 Å². The summed E-state index contributed by atoms with van der Waals surface area (Å²) in [5, 5.41) is 4.20. The van der Waals surface area contributed by atoms with Crippen molar-refractivity contribution in [1.29, 1.82) is 0 Å². The van der Waals surface area contributed by atoms with Gasteiger partial charge >= 0.3 is 5.97 Å². The van der Waals surface area contributed by atoms with Gasteiger partial charge in [-0.1, -0.05) is 60.5 Å². The summed E-state index contributed by atoms with van der Waals surface area (Å²) in [4.78, 5) is 37.5. The van der Waals surface area contributed by atoms with E-state index in [1.807, 2.05) is 31.2 Å². The maximum Gasteiger partial charge on any atom is 0.310 e. The molecular formula is C32H41N3O4. The molecule has 0 spiro atoms. The lowest BCUT2D eigenvalue weighted by molar-refractivity contribution is -0.142. The number of benzene rings is 2. The van der Waals surface area contributed by atoms with E-state index in [4.69, 9.17) is 4.74 Å². The molecule has 1 aromatic heterocycles. The molecule has 1 aliphatic rings. The van der Waals surface area contributed by atoms with Crippen LogP contribution in [0.1, 0.15) is 60.6 Å². The highest BCUT2D eigenvalue weighted by Gasteiger charge is 2.13. The molecule has 0 bridgehead atoms. The molecule has 39 heavy (non-hydrogen) atoms. The molecule has 7 heteroatoms. The lowest BCUT2D eigenvalue weighted by atomic mass is 10.0. The van der Waals surface area contributed by atoms with Crippen molar-refractivity contribution in [2.45, 2.75) is 65.8 Å². The smallest absolute Gasteiger partial charge is 0.310 e. The minimum atomic E-state index is -0.250. The lowest BCUT2D eigenvalue weighted by Gasteiger charge is -2.25. The number of rotatable bonds is 10. The van der Waals surface area contributed by atoms with E-state index in [1.165, 1.54) is 41.1 Å². The second-order valence-electron chi connectivity index (χ2n) is 10.1. The van der Waals surface area contributed by atoms with Crippen LogP contribution in [0.25, 0.3) is 0 Å². The highest BCUT2D eigenvalue weighted by Crippen LogP contribution is 2.11. The van der Waals surface area contributed by atoms with Gasteiger partial charge in [-0.05, 0) is 75.9 Å². The number of ether oxygens (including phenoxy) is 1. The van der Waals surface area contributed by atoms with Crippen LogP contribution in [-0.4, -0.2) is 52.7 Å². The molecule has 208 valence electrons. The number of nitrogens with zero attached hydrogens (tertiary/aromatic N) is 3. The summed E-state index contributed by atoms with van der Waals surface area (Å²) in [6.45, 7) is 9.35. The third-order valence-corrected chi connectivity index (χ3v) is 6.60. The van der Waals surface area contributed by atoms with Crippen molar-refractivity contribution in [3.05, 3.63) is 99.0 Å². The van der Waals surface area contributed by atoms with Crippen molar-refractivity contribution in [2.75, 3.05) is 26.2 Å². The first-order valence-corrected chi connectivity index (χ1v) is 13.9. The number of aromatic nitrogens is 2. The number of esters is 1. The van der Waals surface area contributed by atoms with Crippen molar-refractivity contribution in [2.24, 2.45) is 0 Å². The summed E-state index contributed by atoms with van der Waals surface area (Å²) in [7, 11) is 0. The van der Waals surface area contributed by atoms with E-state index in [0.717, 1.165) is 36.3 Å². The monoisotopic (exact) mass is 531 g/mol. The van der Waals surface area contributed by atoms with Crippen molar-refractivity contribution in [3.63, 3.8) is 0 Å². The third kappa shape index (κ3) is 11.0. The average Bonchev–Trinajstić information content (AvgIpc) is 2.91. The zero-order chi connectivity index (χ0) is 28.0. The molecule has 0 unspecified atom stereocenters. The number of carbonyl (C=O) groups excluding carboxylic acids is 2. The predicted molar refractivity (Wildman–Crippen MR) is 154 cm³/mol. The van der Waals surface area contributed by atoms with Crippen LogP contribution in [0, 0.1) is 13.8 Å². The Balaban J connectivity index is 0.000000218. The zero-order valence-corrected chi connectivity index (χ0v) is 23.5. The maximum atomic E-state index is 11.9. The van der Waals surface area contributed by atoms with Crippen molar-refractivity contribution >= 4 is 11.8 Å². The van der Waals surface area contributed by atoms with Crippen LogP contribution < -0.4 is 5.56 Å². The molecule has 0 radical (unpaired) electrons. The first-order valence-electron chi connectivity index (χ1n) is 13.9. The molecule has 1 aliphatic heterocycles. The summed E-state index contributed by atoms with van der Waals surface area (Å²) < 4.78 is 6.35. The van der Waals surface area contributed by atoms with Gasteiger partial charge in [0.05, 0.1) is 31.8 Å². The molecule has 7 nitrogen and oxygen atoms in total. The minimum absolute atomic E-state index is 0.142. The van der Waals surface area contributed by atoms with Crippen molar-refractivity contribution in [3.8, 4) is 0 Å². The fraction of sp³-hybridized carbons (Fsp3) is 0.438. The summed E-state index contributed by atoms with van der Waals surface area (Å²) in [5.41, 5.74) is 5.00. The van der Waals surface area contributed by atoms with E-state index in [9.17, 15) is 14.4 Å².